The number of hydrogen-bond acceptors (Lipinski definition) is 5. The Bertz CT molecular complexity index is 503. The highest BCUT2D eigenvalue weighted by atomic mass is 35.5. The van der Waals surface area contributed by atoms with E-state index in [1.165, 1.54) is 11.3 Å². The normalized spacial score (nSPS) is 10.6. The molecule has 1 aromatic rings. The number of amides is 2. The van der Waals surface area contributed by atoms with E-state index in [9.17, 15) is 9.59 Å². The second-order valence-corrected chi connectivity index (χ2v) is 6.74. The standard InChI is InChI=1S/C15H24ClN3O3S/c1-11-12(2)23-15(17-11)18-13(20)10-19(8-5-9-22-3)14(21)6-4-7-16/h4-10H2,1-3H3,(H,17,18,20). The average Bonchev–Trinajstić information content (AvgIpc) is 2.81. The molecule has 0 bridgehead atoms. The third-order valence-corrected chi connectivity index (χ3v) is 4.52. The number of carbonyl (C=O) groups is 2. The van der Waals surface area contributed by atoms with Gasteiger partial charge in [0.2, 0.25) is 11.8 Å². The Balaban J connectivity index is 2.58. The van der Waals surface area contributed by atoms with Crippen LogP contribution in [0.15, 0.2) is 0 Å². The summed E-state index contributed by atoms with van der Waals surface area (Å²) in [6, 6.07) is 0. The number of carbonyl (C=O) groups excluding carboxylic acids is 2. The molecule has 1 aromatic heterocycles. The van der Waals surface area contributed by atoms with Crippen molar-refractivity contribution in [1.82, 2.24) is 9.88 Å². The predicted molar refractivity (Wildman–Crippen MR) is 93.2 cm³/mol. The molecule has 0 fully saturated rings. The first-order chi connectivity index (χ1) is 11.0. The van der Waals surface area contributed by atoms with E-state index in [1.54, 1.807) is 12.0 Å². The SMILES string of the molecule is COCCCN(CC(=O)Nc1nc(C)c(C)s1)C(=O)CCCCl. The van der Waals surface area contributed by atoms with Crippen LogP contribution < -0.4 is 5.32 Å². The van der Waals surface area contributed by atoms with E-state index in [0.717, 1.165) is 10.6 Å². The molecule has 6 nitrogen and oxygen atoms in total. The molecule has 1 rings (SSSR count). The van der Waals surface area contributed by atoms with Gasteiger partial charge < -0.3 is 15.0 Å². The fourth-order valence-electron chi connectivity index (χ4n) is 1.93. The highest BCUT2D eigenvalue weighted by Crippen LogP contribution is 2.20. The molecule has 1 N–H and O–H groups in total. The highest BCUT2D eigenvalue weighted by Gasteiger charge is 2.17. The van der Waals surface area contributed by atoms with Crippen LogP contribution in [0.3, 0.4) is 0 Å². The van der Waals surface area contributed by atoms with E-state index in [4.69, 9.17) is 16.3 Å². The summed E-state index contributed by atoms with van der Waals surface area (Å²) in [6.45, 7) is 4.90. The summed E-state index contributed by atoms with van der Waals surface area (Å²) >= 11 is 7.06. The van der Waals surface area contributed by atoms with Gasteiger partial charge in [-0.3, -0.25) is 9.59 Å². The van der Waals surface area contributed by atoms with Crippen LogP contribution in [-0.2, 0) is 14.3 Å². The third kappa shape index (κ3) is 7.28. The second-order valence-electron chi connectivity index (χ2n) is 5.16. The first-order valence-corrected chi connectivity index (χ1v) is 8.89. The molecular weight excluding hydrogens is 338 g/mol. The summed E-state index contributed by atoms with van der Waals surface area (Å²) in [5, 5.41) is 3.32. The van der Waals surface area contributed by atoms with Crippen molar-refractivity contribution in [2.75, 3.05) is 38.0 Å². The summed E-state index contributed by atoms with van der Waals surface area (Å²) in [4.78, 5) is 31.2. The number of nitrogens with one attached hydrogen (secondary N) is 1. The van der Waals surface area contributed by atoms with E-state index in [1.807, 2.05) is 13.8 Å². The van der Waals surface area contributed by atoms with Crippen molar-refractivity contribution < 1.29 is 14.3 Å². The number of thiazole rings is 1. The van der Waals surface area contributed by atoms with Gasteiger partial charge >= 0.3 is 0 Å². The van der Waals surface area contributed by atoms with Gasteiger partial charge in [-0.15, -0.1) is 22.9 Å². The molecule has 0 saturated heterocycles. The number of aryl methyl sites for hydroxylation is 2. The van der Waals surface area contributed by atoms with Crippen LogP contribution in [-0.4, -0.2) is 54.4 Å². The Hall–Kier alpha value is -1.18. The molecule has 1 heterocycles. The average molecular weight is 362 g/mol. The molecule has 0 aliphatic carbocycles. The van der Waals surface area contributed by atoms with Crippen molar-refractivity contribution in [1.29, 1.82) is 0 Å². The van der Waals surface area contributed by atoms with Crippen LogP contribution in [0.2, 0.25) is 0 Å². The maximum absolute atomic E-state index is 12.2. The molecule has 23 heavy (non-hydrogen) atoms. The highest BCUT2D eigenvalue weighted by molar-refractivity contribution is 7.15. The summed E-state index contributed by atoms with van der Waals surface area (Å²) < 4.78 is 5.00. The van der Waals surface area contributed by atoms with Crippen LogP contribution in [0.25, 0.3) is 0 Å². The third-order valence-electron chi connectivity index (χ3n) is 3.26. The summed E-state index contributed by atoms with van der Waals surface area (Å²) in [5.41, 5.74) is 0.903. The number of alkyl halides is 1. The molecule has 0 unspecified atom stereocenters. The number of rotatable bonds is 10. The van der Waals surface area contributed by atoms with Gasteiger partial charge in [0.05, 0.1) is 12.2 Å². The van der Waals surface area contributed by atoms with Gasteiger partial charge in [0, 0.05) is 37.4 Å². The minimum atomic E-state index is -0.240. The van der Waals surface area contributed by atoms with E-state index in [2.05, 4.69) is 10.3 Å². The monoisotopic (exact) mass is 361 g/mol. The quantitative estimate of drug-likeness (QED) is 0.513. The fourth-order valence-corrected chi connectivity index (χ4v) is 2.89. The first kappa shape index (κ1) is 19.9. The van der Waals surface area contributed by atoms with E-state index in [0.29, 0.717) is 43.4 Å². The first-order valence-electron chi connectivity index (χ1n) is 7.54. The van der Waals surface area contributed by atoms with Crippen molar-refractivity contribution in [3.8, 4) is 0 Å². The Labute approximate surface area is 146 Å². The van der Waals surface area contributed by atoms with Crippen molar-refractivity contribution >= 4 is 39.9 Å². The molecule has 130 valence electrons. The molecule has 0 radical (unpaired) electrons. The van der Waals surface area contributed by atoms with Crippen molar-refractivity contribution in [3.63, 3.8) is 0 Å². The minimum Gasteiger partial charge on any atom is -0.385 e. The number of ether oxygens (including phenoxy) is 1. The van der Waals surface area contributed by atoms with Crippen molar-refractivity contribution in [2.45, 2.75) is 33.1 Å². The zero-order valence-electron chi connectivity index (χ0n) is 13.9. The molecule has 0 spiro atoms. The van der Waals surface area contributed by atoms with Gasteiger partial charge in [-0.1, -0.05) is 0 Å². The van der Waals surface area contributed by atoms with E-state index >= 15 is 0 Å². The lowest BCUT2D eigenvalue weighted by atomic mass is 10.2. The summed E-state index contributed by atoms with van der Waals surface area (Å²) in [6.07, 6.45) is 1.64. The van der Waals surface area contributed by atoms with Crippen molar-refractivity contribution in [2.24, 2.45) is 0 Å². The Kier molecular flexibility index (Phi) is 9.13. The maximum atomic E-state index is 12.2. The van der Waals surface area contributed by atoms with Gasteiger partial charge in [0.1, 0.15) is 0 Å². The van der Waals surface area contributed by atoms with Crippen LogP contribution in [0, 0.1) is 13.8 Å². The minimum absolute atomic E-state index is 0.0164. The zero-order chi connectivity index (χ0) is 17.2. The lowest BCUT2D eigenvalue weighted by Crippen LogP contribution is -2.39. The van der Waals surface area contributed by atoms with E-state index in [-0.39, 0.29) is 18.4 Å². The summed E-state index contributed by atoms with van der Waals surface area (Å²) in [7, 11) is 1.61. The van der Waals surface area contributed by atoms with E-state index < -0.39 is 0 Å². The number of methoxy groups -OCH3 is 1. The Morgan fingerprint density at radius 1 is 1.35 bits per heavy atom. The molecule has 0 aromatic carbocycles. The predicted octanol–water partition coefficient (Wildman–Crippen LogP) is 2.58. The zero-order valence-corrected chi connectivity index (χ0v) is 15.4. The topological polar surface area (TPSA) is 71.5 Å². The van der Waals surface area contributed by atoms with Crippen LogP contribution in [0.4, 0.5) is 5.13 Å². The Morgan fingerprint density at radius 2 is 2.09 bits per heavy atom. The lowest BCUT2D eigenvalue weighted by molar-refractivity contribution is -0.134. The maximum Gasteiger partial charge on any atom is 0.245 e. The van der Waals surface area contributed by atoms with Crippen molar-refractivity contribution in [3.05, 3.63) is 10.6 Å². The lowest BCUT2D eigenvalue weighted by Gasteiger charge is -2.21. The molecule has 2 amide bonds. The smallest absolute Gasteiger partial charge is 0.245 e. The molecular formula is C15H24ClN3O3S. The van der Waals surface area contributed by atoms with Gasteiger partial charge in [-0.2, -0.15) is 0 Å². The molecule has 0 atom stereocenters. The van der Waals surface area contributed by atoms with Crippen LogP contribution in [0.5, 0.6) is 0 Å². The molecule has 8 heteroatoms. The van der Waals surface area contributed by atoms with Gasteiger partial charge in [-0.05, 0) is 26.7 Å². The number of halogens is 1. The van der Waals surface area contributed by atoms with Crippen LogP contribution in [0.1, 0.15) is 29.8 Å². The van der Waals surface area contributed by atoms with Gasteiger partial charge in [0.15, 0.2) is 5.13 Å². The van der Waals surface area contributed by atoms with Crippen LogP contribution >= 0.6 is 22.9 Å². The summed E-state index contributed by atoms with van der Waals surface area (Å²) in [5.74, 6) is 0.125. The molecule has 0 aliphatic heterocycles. The number of nitrogens with zero attached hydrogens (tertiary/aromatic N) is 2. The molecule has 0 aliphatic rings. The second kappa shape index (κ2) is 10.6. The fraction of sp³-hybridized carbons (Fsp3) is 0.667. The number of aromatic nitrogens is 1. The van der Waals surface area contributed by atoms with Gasteiger partial charge in [-0.25, -0.2) is 4.98 Å². The largest absolute Gasteiger partial charge is 0.385 e. The molecule has 0 saturated carbocycles. The van der Waals surface area contributed by atoms with Gasteiger partial charge in [0.25, 0.3) is 0 Å². The number of hydrogen-bond donors (Lipinski definition) is 1. The number of anilines is 1. The Morgan fingerprint density at radius 3 is 2.65 bits per heavy atom.